The Bertz CT molecular complexity index is 1020. The third kappa shape index (κ3) is 5.14. The van der Waals surface area contributed by atoms with Crippen LogP contribution in [0, 0.1) is 17.0 Å². The molecule has 1 heterocycles. The smallest absolute Gasteiger partial charge is 0.273 e. The first-order valence-corrected chi connectivity index (χ1v) is 11.2. The molecule has 1 aliphatic rings. The van der Waals surface area contributed by atoms with Crippen molar-refractivity contribution in [1.82, 2.24) is 9.62 Å². The predicted octanol–water partition coefficient (Wildman–Crippen LogP) is 1.79. The van der Waals surface area contributed by atoms with Crippen LogP contribution in [0.25, 0.3) is 0 Å². The van der Waals surface area contributed by atoms with Gasteiger partial charge in [-0.25, -0.2) is 8.42 Å². The second kappa shape index (κ2) is 9.23. The number of nitrogens with zero attached hydrogens (tertiary/aromatic N) is 3. The number of amides is 1. The Kier molecular flexibility index (Phi) is 6.68. The van der Waals surface area contributed by atoms with E-state index in [9.17, 15) is 23.3 Å². The minimum atomic E-state index is -3.51. The molecule has 1 aliphatic heterocycles. The lowest BCUT2D eigenvalue weighted by Crippen LogP contribution is -2.50. The normalized spacial score (nSPS) is 15.0. The third-order valence-corrected chi connectivity index (χ3v) is 6.94. The average molecular weight is 433 g/mol. The number of anilines is 1. The van der Waals surface area contributed by atoms with E-state index in [2.05, 4.69) is 10.2 Å². The summed E-state index contributed by atoms with van der Waals surface area (Å²) in [6.45, 7) is 3.49. The first kappa shape index (κ1) is 21.7. The highest BCUT2D eigenvalue weighted by molar-refractivity contribution is 7.89. The van der Waals surface area contributed by atoms with Crippen LogP contribution in [0.15, 0.2) is 48.5 Å². The van der Waals surface area contributed by atoms with E-state index in [4.69, 9.17) is 0 Å². The van der Waals surface area contributed by atoms with Crippen LogP contribution in [0.1, 0.15) is 15.9 Å². The minimum Gasteiger partial charge on any atom is -0.369 e. The van der Waals surface area contributed by atoms with Crippen molar-refractivity contribution in [3.63, 3.8) is 0 Å². The van der Waals surface area contributed by atoms with E-state index in [-0.39, 0.29) is 23.5 Å². The van der Waals surface area contributed by atoms with Crippen LogP contribution >= 0.6 is 0 Å². The Morgan fingerprint density at radius 2 is 1.77 bits per heavy atom. The zero-order valence-electron chi connectivity index (χ0n) is 16.7. The molecule has 2 aromatic rings. The summed E-state index contributed by atoms with van der Waals surface area (Å²) in [6, 6.07) is 14.0. The molecule has 9 nitrogen and oxygen atoms in total. The van der Waals surface area contributed by atoms with Crippen LogP contribution in [0.5, 0.6) is 0 Å². The van der Waals surface area contributed by atoms with Crippen molar-refractivity contribution < 1.29 is 18.1 Å². The van der Waals surface area contributed by atoms with E-state index in [0.717, 1.165) is 5.69 Å². The quantitative estimate of drug-likeness (QED) is 0.527. The monoisotopic (exact) mass is 432 g/mol. The number of carbonyl (C=O) groups is 1. The Morgan fingerprint density at radius 3 is 2.40 bits per heavy atom. The molecule has 0 atom stereocenters. The molecule has 0 saturated carbocycles. The van der Waals surface area contributed by atoms with Gasteiger partial charge in [0.1, 0.15) is 0 Å². The van der Waals surface area contributed by atoms with Crippen molar-refractivity contribution in [1.29, 1.82) is 0 Å². The molecule has 0 aliphatic carbocycles. The summed E-state index contributed by atoms with van der Waals surface area (Å²) < 4.78 is 26.6. The van der Waals surface area contributed by atoms with Gasteiger partial charge in [-0.2, -0.15) is 4.31 Å². The number of hydrogen-bond donors (Lipinski definition) is 1. The zero-order chi connectivity index (χ0) is 21.7. The maximum atomic E-state index is 12.6. The van der Waals surface area contributed by atoms with Crippen molar-refractivity contribution in [3.8, 4) is 0 Å². The number of sulfonamides is 1. The summed E-state index contributed by atoms with van der Waals surface area (Å²) in [5, 5.41) is 13.6. The lowest BCUT2D eigenvalue weighted by molar-refractivity contribution is -0.385. The Morgan fingerprint density at radius 1 is 1.10 bits per heavy atom. The number of benzene rings is 2. The predicted molar refractivity (Wildman–Crippen MR) is 114 cm³/mol. The van der Waals surface area contributed by atoms with E-state index in [0.29, 0.717) is 31.7 Å². The van der Waals surface area contributed by atoms with E-state index in [1.165, 1.54) is 22.5 Å². The number of nitrogens with one attached hydrogen (secondary N) is 1. The van der Waals surface area contributed by atoms with Crippen LogP contribution in [0.4, 0.5) is 11.4 Å². The Labute approximate surface area is 175 Å². The molecule has 10 heteroatoms. The fourth-order valence-electron chi connectivity index (χ4n) is 3.34. The highest BCUT2D eigenvalue weighted by atomic mass is 32.2. The SMILES string of the molecule is Cc1ccc(C(=O)NCCS(=O)(=O)N2CCN(c3ccccc3)CC2)cc1[N+](=O)[O-]. The van der Waals surface area contributed by atoms with Crippen LogP contribution in [-0.4, -0.2) is 62.0 Å². The first-order valence-electron chi connectivity index (χ1n) is 9.59. The number of hydrogen-bond acceptors (Lipinski definition) is 6. The maximum Gasteiger partial charge on any atom is 0.273 e. The molecule has 30 heavy (non-hydrogen) atoms. The molecule has 0 spiro atoms. The number of nitro groups is 1. The van der Waals surface area contributed by atoms with Gasteiger partial charge in [0.25, 0.3) is 11.6 Å². The van der Waals surface area contributed by atoms with Crippen LogP contribution < -0.4 is 10.2 Å². The maximum absolute atomic E-state index is 12.6. The van der Waals surface area contributed by atoms with Gasteiger partial charge in [-0.15, -0.1) is 0 Å². The van der Waals surface area contributed by atoms with E-state index < -0.39 is 20.9 Å². The standard InChI is InChI=1S/C20H24N4O5S/c1-16-7-8-17(15-19(16)24(26)27)20(25)21-9-14-30(28,29)23-12-10-22(11-13-23)18-5-3-2-4-6-18/h2-8,15H,9-14H2,1H3,(H,21,25). The lowest BCUT2D eigenvalue weighted by Gasteiger charge is -2.35. The summed E-state index contributed by atoms with van der Waals surface area (Å²) >= 11 is 0. The second-order valence-corrected chi connectivity index (χ2v) is 9.14. The topological polar surface area (TPSA) is 113 Å². The highest BCUT2D eigenvalue weighted by Gasteiger charge is 2.27. The summed E-state index contributed by atoms with van der Waals surface area (Å²) in [4.78, 5) is 24.8. The fourth-order valence-corrected chi connectivity index (χ4v) is 4.67. The summed E-state index contributed by atoms with van der Waals surface area (Å²) in [7, 11) is -3.51. The van der Waals surface area contributed by atoms with Gasteiger partial charge in [0, 0.05) is 55.6 Å². The van der Waals surface area contributed by atoms with Gasteiger partial charge in [-0.1, -0.05) is 24.3 Å². The largest absolute Gasteiger partial charge is 0.369 e. The molecule has 1 N–H and O–H groups in total. The lowest BCUT2D eigenvalue weighted by atomic mass is 10.1. The molecule has 1 saturated heterocycles. The summed E-state index contributed by atoms with van der Waals surface area (Å²) in [6.07, 6.45) is 0. The minimum absolute atomic E-state index is 0.0677. The van der Waals surface area contributed by atoms with Gasteiger partial charge in [0.15, 0.2) is 0 Å². The number of nitro benzene ring substituents is 1. The van der Waals surface area contributed by atoms with E-state index >= 15 is 0 Å². The number of carbonyl (C=O) groups excluding carboxylic acids is 1. The average Bonchev–Trinajstić information content (AvgIpc) is 2.74. The molecular weight excluding hydrogens is 408 g/mol. The molecule has 2 aromatic carbocycles. The second-order valence-electron chi connectivity index (χ2n) is 7.05. The van der Waals surface area contributed by atoms with Gasteiger partial charge in [0.05, 0.1) is 10.7 Å². The molecular formula is C20H24N4O5S. The van der Waals surface area contributed by atoms with Crippen molar-refractivity contribution >= 4 is 27.3 Å². The number of para-hydroxylation sites is 1. The molecule has 1 fully saturated rings. The molecule has 0 radical (unpaired) electrons. The number of piperazine rings is 1. The van der Waals surface area contributed by atoms with E-state index in [1.807, 2.05) is 30.3 Å². The van der Waals surface area contributed by atoms with Crippen molar-refractivity contribution in [3.05, 3.63) is 69.8 Å². The molecule has 1 amide bonds. The number of aryl methyl sites for hydroxylation is 1. The zero-order valence-corrected chi connectivity index (χ0v) is 17.5. The third-order valence-electron chi connectivity index (χ3n) is 5.07. The van der Waals surface area contributed by atoms with Gasteiger partial charge in [0.2, 0.25) is 10.0 Å². The van der Waals surface area contributed by atoms with Crippen molar-refractivity contribution in [2.75, 3.05) is 43.4 Å². The molecule has 0 aromatic heterocycles. The molecule has 160 valence electrons. The number of rotatable bonds is 7. The van der Waals surface area contributed by atoms with Crippen LogP contribution in [-0.2, 0) is 10.0 Å². The Hall–Kier alpha value is -2.98. The van der Waals surface area contributed by atoms with Gasteiger partial charge in [-0.3, -0.25) is 14.9 Å². The van der Waals surface area contributed by atoms with Gasteiger partial charge in [-0.05, 0) is 25.1 Å². The summed E-state index contributed by atoms with van der Waals surface area (Å²) in [5.74, 6) is -0.764. The highest BCUT2D eigenvalue weighted by Crippen LogP contribution is 2.19. The first-order chi connectivity index (χ1) is 14.3. The molecule has 0 unspecified atom stereocenters. The molecule has 0 bridgehead atoms. The summed E-state index contributed by atoms with van der Waals surface area (Å²) in [5.41, 5.74) is 1.50. The van der Waals surface area contributed by atoms with Gasteiger partial charge < -0.3 is 10.2 Å². The van der Waals surface area contributed by atoms with Crippen molar-refractivity contribution in [2.45, 2.75) is 6.92 Å². The van der Waals surface area contributed by atoms with Crippen molar-refractivity contribution in [2.24, 2.45) is 0 Å². The Balaban J connectivity index is 1.51. The molecule has 3 rings (SSSR count). The van der Waals surface area contributed by atoms with E-state index in [1.54, 1.807) is 6.92 Å². The fraction of sp³-hybridized carbons (Fsp3) is 0.350. The van der Waals surface area contributed by atoms with Gasteiger partial charge >= 0.3 is 0 Å². The van der Waals surface area contributed by atoms with Crippen LogP contribution in [0.3, 0.4) is 0 Å². The van der Waals surface area contributed by atoms with Crippen LogP contribution in [0.2, 0.25) is 0 Å².